The van der Waals surface area contributed by atoms with E-state index in [1.54, 1.807) is 30.3 Å². The maximum absolute atomic E-state index is 12.8. The second kappa shape index (κ2) is 14.3. The first-order chi connectivity index (χ1) is 17.0. The molecule has 0 aliphatic rings. The number of hydrogen-bond donors (Lipinski definition) is 4. The van der Waals surface area contributed by atoms with Crippen molar-refractivity contribution in [2.75, 3.05) is 26.0 Å². The third-order valence-corrected chi connectivity index (χ3v) is 5.78. The molecule has 0 saturated heterocycles. The number of thioether (sulfide) groups is 1. The number of benzene rings is 2. The lowest BCUT2D eigenvalue weighted by Gasteiger charge is -2.24. The fraction of sp³-hybridized carbons (Fsp3) is 0.381. The Morgan fingerprint density at radius 3 is 2.19 bits per heavy atom. The minimum absolute atomic E-state index is 0.140. The highest BCUT2D eigenvalue weighted by Crippen LogP contribution is 2.32. The lowest BCUT2D eigenvalue weighted by molar-refractivity contribution is -0.525. The van der Waals surface area contributed by atoms with Crippen molar-refractivity contribution in [3.05, 3.63) is 65.7 Å². The molecule has 15 heteroatoms. The molecule has 2 aromatic carbocycles. The normalized spacial score (nSPS) is 13.6. The zero-order valence-electron chi connectivity index (χ0n) is 19.0. The van der Waals surface area contributed by atoms with Crippen LogP contribution < -0.4 is 4.74 Å². The molecule has 0 saturated carbocycles. The van der Waals surface area contributed by atoms with Crippen molar-refractivity contribution < 1.29 is 53.2 Å². The number of nitrogens with zero attached hydrogens (tertiary/aromatic N) is 3. The molecule has 0 aliphatic heterocycles. The molecular formula is C21H26F3N3O8S. The van der Waals surface area contributed by atoms with Gasteiger partial charge in [-0.05, 0) is 29.8 Å². The molecule has 2 unspecified atom stereocenters. The van der Waals surface area contributed by atoms with Crippen molar-refractivity contribution in [1.82, 2.24) is 15.7 Å². The Balaban J connectivity index is 1.98. The monoisotopic (exact) mass is 537 g/mol. The van der Waals surface area contributed by atoms with E-state index in [4.69, 9.17) is 25.6 Å². The van der Waals surface area contributed by atoms with E-state index >= 15 is 0 Å². The lowest BCUT2D eigenvalue weighted by Crippen LogP contribution is -2.34. The maximum Gasteiger partial charge on any atom is 0.416 e. The van der Waals surface area contributed by atoms with Crippen LogP contribution >= 0.6 is 11.8 Å². The number of carbonyl (C=O) groups excluding carboxylic acids is 1. The molecule has 0 aromatic heterocycles. The van der Waals surface area contributed by atoms with E-state index < -0.39 is 46.6 Å². The summed E-state index contributed by atoms with van der Waals surface area (Å²) in [5.74, 6) is 0.0956. The second-order valence-electron chi connectivity index (χ2n) is 7.36. The van der Waals surface area contributed by atoms with Gasteiger partial charge >= 0.3 is 6.18 Å². The summed E-state index contributed by atoms with van der Waals surface area (Å²) in [6.45, 7) is -0.313. The molecule has 2 rings (SSSR count). The quantitative estimate of drug-likeness (QED) is 0.271. The molecule has 36 heavy (non-hydrogen) atoms. The number of carbonyl (C=O) groups is 1. The van der Waals surface area contributed by atoms with Crippen molar-refractivity contribution >= 4 is 17.0 Å². The number of halogens is 3. The molecule has 0 fully saturated rings. The maximum atomic E-state index is 12.8. The second-order valence-corrected chi connectivity index (χ2v) is 8.33. The van der Waals surface area contributed by atoms with Crippen molar-refractivity contribution in [3.8, 4) is 5.75 Å². The van der Waals surface area contributed by atoms with Crippen LogP contribution in [0.5, 0.6) is 5.75 Å². The minimum Gasteiger partial charge on any atom is -0.486 e. The van der Waals surface area contributed by atoms with Gasteiger partial charge in [0.1, 0.15) is 24.6 Å². The molecule has 0 aliphatic carbocycles. The van der Waals surface area contributed by atoms with E-state index in [0.717, 1.165) is 29.5 Å². The number of rotatable bonds is 13. The molecule has 200 valence electrons. The van der Waals surface area contributed by atoms with Crippen LogP contribution in [0.25, 0.3) is 0 Å². The smallest absolute Gasteiger partial charge is 0.416 e. The highest BCUT2D eigenvalue weighted by molar-refractivity contribution is 8.13. The number of hydrogen-bond acceptors (Lipinski definition) is 11. The predicted octanol–water partition coefficient (Wildman–Crippen LogP) is 4.39. The largest absolute Gasteiger partial charge is 0.486 e. The van der Waals surface area contributed by atoms with Crippen molar-refractivity contribution in [2.45, 2.75) is 24.8 Å². The zero-order chi connectivity index (χ0) is 26.7. The van der Waals surface area contributed by atoms with Crippen LogP contribution in [0.3, 0.4) is 0 Å². The first-order valence-corrected chi connectivity index (χ1v) is 11.4. The Hall–Kier alpha value is -2.47. The number of ether oxygens (including phenoxy) is 1. The SMILES string of the molecule is CN(CCC(Oc1ccc(C(F)(F)F)cc1)c1ccccc1)C(=O)SCC(CON(O)O)ON(O)O. The van der Waals surface area contributed by atoms with Crippen molar-refractivity contribution in [3.63, 3.8) is 0 Å². The molecule has 0 radical (unpaired) electrons. The third kappa shape index (κ3) is 10.7. The van der Waals surface area contributed by atoms with Crippen molar-refractivity contribution in [2.24, 2.45) is 0 Å². The van der Waals surface area contributed by atoms with Gasteiger partial charge in [0.15, 0.2) is 0 Å². The van der Waals surface area contributed by atoms with Crippen LogP contribution in [0.1, 0.15) is 23.7 Å². The van der Waals surface area contributed by atoms with Gasteiger partial charge < -0.3 is 9.64 Å². The van der Waals surface area contributed by atoms with Crippen LogP contribution in [-0.2, 0) is 15.9 Å². The first kappa shape index (κ1) is 29.8. The van der Waals surface area contributed by atoms with Gasteiger partial charge in [-0.15, -0.1) is 0 Å². The molecule has 0 spiro atoms. The van der Waals surface area contributed by atoms with Crippen LogP contribution in [0, 0.1) is 0 Å². The standard InChI is InChI=1S/C21H26F3N3O8S/c1-25(20(28)36-14-18(35-27(31)32)13-33-26(29)30)12-11-19(15-5-3-2-4-6-15)34-17-9-7-16(8-10-17)21(22,23)24/h2-10,18-19,29-32H,11-14H2,1H3. The summed E-state index contributed by atoms with van der Waals surface area (Å²) in [6.07, 6.45) is -5.85. The lowest BCUT2D eigenvalue weighted by atomic mass is 10.1. The zero-order valence-corrected chi connectivity index (χ0v) is 19.8. The summed E-state index contributed by atoms with van der Waals surface area (Å²) in [5.41, 5.74) is -0.0302. The summed E-state index contributed by atoms with van der Waals surface area (Å²) >= 11 is 0.746. The Morgan fingerprint density at radius 2 is 1.64 bits per heavy atom. The highest BCUT2D eigenvalue weighted by Gasteiger charge is 2.30. The molecule has 1 amide bonds. The molecule has 11 nitrogen and oxygen atoms in total. The molecular weight excluding hydrogens is 511 g/mol. The predicted molar refractivity (Wildman–Crippen MR) is 118 cm³/mol. The summed E-state index contributed by atoms with van der Waals surface area (Å²) in [7, 11) is 1.52. The molecule has 4 N–H and O–H groups in total. The highest BCUT2D eigenvalue weighted by atomic mass is 32.2. The van der Waals surface area contributed by atoms with Gasteiger partial charge in [-0.25, -0.2) is 9.68 Å². The summed E-state index contributed by atoms with van der Waals surface area (Å²) in [5, 5.41) is 33.2. The average molecular weight is 538 g/mol. The van der Waals surface area contributed by atoms with E-state index in [-0.39, 0.29) is 18.0 Å². The summed E-state index contributed by atoms with van der Waals surface area (Å²) in [6, 6.07) is 13.3. The van der Waals surface area contributed by atoms with Gasteiger partial charge in [-0.1, -0.05) is 42.1 Å². The van der Waals surface area contributed by atoms with Gasteiger partial charge in [0.2, 0.25) is 0 Å². The van der Waals surface area contributed by atoms with Crippen LogP contribution in [0.15, 0.2) is 54.6 Å². The molecule has 2 aromatic rings. The van der Waals surface area contributed by atoms with E-state index in [9.17, 15) is 18.0 Å². The van der Waals surface area contributed by atoms with Crippen molar-refractivity contribution in [1.29, 1.82) is 0 Å². The first-order valence-electron chi connectivity index (χ1n) is 10.4. The van der Waals surface area contributed by atoms with Gasteiger partial charge in [0, 0.05) is 25.8 Å². The van der Waals surface area contributed by atoms with E-state index in [2.05, 4.69) is 9.68 Å². The number of alkyl halides is 3. The van der Waals surface area contributed by atoms with Gasteiger partial charge in [0.25, 0.3) is 5.24 Å². The Kier molecular flexibility index (Phi) is 11.8. The Morgan fingerprint density at radius 1 is 1.00 bits per heavy atom. The van der Waals surface area contributed by atoms with E-state index in [1.807, 2.05) is 0 Å². The van der Waals surface area contributed by atoms with Gasteiger partial charge in [-0.3, -0.25) is 25.6 Å². The fourth-order valence-electron chi connectivity index (χ4n) is 2.92. The van der Waals surface area contributed by atoms with Gasteiger partial charge in [0.05, 0.1) is 16.3 Å². The van der Waals surface area contributed by atoms with E-state index in [1.165, 1.54) is 24.1 Å². The summed E-state index contributed by atoms with van der Waals surface area (Å²) < 4.78 is 44.5. The minimum atomic E-state index is -4.46. The summed E-state index contributed by atoms with van der Waals surface area (Å²) in [4.78, 5) is 22.8. The topological polar surface area (TPSA) is 135 Å². The average Bonchev–Trinajstić information content (AvgIpc) is 2.82. The van der Waals surface area contributed by atoms with Crippen LogP contribution in [0.4, 0.5) is 18.0 Å². The van der Waals surface area contributed by atoms with E-state index in [0.29, 0.717) is 6.42 Å². The van der Waals surface area contributed by atoms with Crippen LogP contribution in [0.2, 0.25) is 0 Å². The third-order valence-electron chi connectivity index (χ3n) is 4.68. The number of amides is 1. The molecule has 0 bridgehead atoms. The van der Waals surface area contributed by atoms with Gasteiger partial charge in [-0.2, -0.15) is 13.2 Å². The molecule has 2 atom stereocenters. The fourth-order valence-corrected chi connectivity index (χ4v) is 3.71. The Labute approximate surface area is 208 Å². The van der Waals surface area contributed by atoms with Crippen LogP contribution in [-0.4, -0.2) is 73.8 Å². The molecule has 0 heterocycles. The Bertz CT molecular complexity index is 923.